The molecule has 10 atom stereocenters. The molecule has 5 rings (SSSR count). The van der Waals surface area contributed by atoms with E-state index in [2.05, 4.69) is 22.6 Å². The van der Waals surface area contributed by atoms with Crippen LogP contribution in [0.15, 0.2) is 60.8 Å². The van der Waals surface area contributed by atoms with Gasteiger partial charge in [0.15, 0.2) is 12.4 Å². The molecule has 2 aliphatic rings. The molecule has 2 aliphatic heterocycles. The minimum absolute atomic E-state index is 0.00384. The summed E-state index contributed by atoms with van der Waals surface area (Å²) in [6, 6.07) is 16.8. The van der Waals surface area contributed by atoms with Gasteiger partial charge in [0.05, 0.1) is 30.4 Å². The molecule has 0 saturated carbocycles. The topological polar surface area (TPSA) is 179 Å². The zero-order valence-corrected chi connectivity index (χ0v) is 27.8. The van der Waals surface area contributed by atoms with E-state index in [1.807, 2.05) is 42.6 Å². The zero-order chi connectivity index (χ0) is 33.9. The number of aliphatic hydroxyl groups excluding tert-OH is 5. The van der Waals surface area contributed by atoms with Gasteiger partial charge in [-0.2, -0.15) is 0 Å². The number of anilines is 1. The maximum atomic E-state index is 15.7. The number of rotatable bonds is 12. The van der Waals surface area contributed by atoms with Crippen LogP contribution in [0.25, 0.3) is 0 Å². The van der Waals surface area contributed by atoms with E-state index in [4.69, 9.17) is 9.47 Å². The molecular formula is C33H45FN4O8Si. The smallest absolute Gasteiger partial charge is 0.256 e. The molecule has 0 bridgehead atoms. The van der Waals surface area contributed by atoms with Crippen LogP contribution in [-0.4, -0.2) is 104 Å². The monoisotopic (exact) mass is 672 g/mol. The average Bonchev–Trinajstić information content (AvgIpc) is 3.64. The lowest BCUT2D eigenvalue weighted by atomic mass is 9.95. The number of carbonyl (C=O) groups is 1. The third kappa shape index (κ3) is 8.15. The van der Waals surface area contributed by atoms with Gasteiger partial charge in [0.2, 0.25) is 8.41 Å². The van der Waals surface area contributed by atoms with Gasteiger partial charge in [0.1, 0.15) is 18.3 Å². The van der Waals surface area contributed by atoms with Crippen LogP contribution in [0.3, 0.4) is 0 Å². The third-order valence-electron chi connectivity index (χ3n) is 9.39. The SMILES string of the molecule is C[C@@H]1[C@@H]([Si](C)(C)F)[C@H](CCn2cc(C(CO)c3ccccc3)nn2)O[C@@H]1CCc1cccc(NC(=O)[C@H]2O[C@@H](O)[C@H](O)[C@@H](O)[C@@H]2O)c1. The van der Waals surface area contributed by atoms with E-state index in [1.165, 1.54) is 0 Å². The molecule has 14 heteroatoms. The summed E-state index contributed by atoms with van der Waals surface area (Å²) in [5.74, 6) is -1.06. The van der Waals surface area contributed by atoms with Crippen LogP contribution in [0, 0.1) is 5.92 Å². The summed E-state index contributed by atoms with van der Waals surface area (Å²) in [6.45, 7) is 5.91. The van der Waals surface area contributed by atoms with Gasteiger partial charge in [0.25, 0.3) is 5.91 Å². The minimum atomic E-state index is -3.10. The number of aliphatic hydroxyl groups is 5. The zero-order valence-electron chi connectivity index (χ0n) is 26.8. The van der Waals surface area contributed by atoms with Crippen LogP contribution in [-0.2, 0) is 27.2 Å². The number of ether oxygens (including phenoxy) is 2. The predicted molar refractivity (Wildman–Crippen MR) is 172 cm³/mol. The summed E-state index contributed by atoms with van der Waals surface area (Å²) in [4.78, 5) is 12.8. The number of benzene rings is 2. The second-order valence-corrected chi connectivity index (χ2v) is 16.9. The van der Waals surface area contributed by atoms with Crippen molar-refractivity contribution in [3.63, 3.8) is 0 Å². The fourth-order valence-electron chi connectivity index (χ4n) is 6.95. The molecule has 2 fully saturated rings. The van der Waals surface area contributed by atoms with Crippen molar-refractivity contribution in [2.24, 2.45) is 5.92 Å². The van der Waals surface area contributed by atoms with Gasteiger partial charge in [-0.05, 0) is 61.5 Å². The molecule has 47 heavy (non-hydrogen) atoms. The van der Waals surface area contributed by atoms with Gasteiger partial charge in [-0.3, -0.25) is 9.48 Å². The summed E-state index contributed by atoms with van der Waals surface area (Å²) in [7, 11) is -3.10. The highest BCUT2D eigenvalue weighted by Gasteiger charge is 2.51. The quantitative estimate of drug-likeness (QED) is 0.123. The predicted octanol–water partition coefficient (Wildman–Crippen LogP) is 2.11. The molecule has 2 aromatic carbocycles. The summed E-state index contributed by atoms with van der Waals surface area (Å²) >= 11 is 0. The summed E-state index contributed by atoms with van der Waals surface area (Å²) in [5, 5.41) is 60.8. The Bertz CT molecular complexity index is 1480. The first-order valence-corrected chi connectivity index (χ1v) is 19.0. The van der Waals surface area contributed by atoms with Crippen molar-refractivity contribution in [3.8, 4) is 0 Å². The van der Waals surface area contributed by atoms with Gasteiger partial charge in [-0.15, -0.1) is 5.10 Å². The largest absolute Gasteiger partial charge is 0.395 e. The number of amides is 1. The summed E-state index contributed by atoms with van der Waals surface area (Å²) in [5.41, 5.74) is 2.75. The molecule has 0 aliphatic carbocycles. The standard InChI is InChI=1S/C33H45FN4O8Si/c1-19-25(13-12-20-8-7-11-22(16-20)35-32(43)30-28(41)27(40)29(42)33(44)46-30)45-26(31(19)47(2,3)34)14-15-38-17-24(36-37-38)23(18-39)21-9-5-4-6-10-21/h4-11,16-17,19,23,25-31,33,39-42,44H,12-15,18H2,1-3H3,(H,35,43)/t19-,23?,25+,26-,27-,28-,29+,30-,31+,33+/m0/s1. The van der Waals surface area contributed by atoms with Crippen LogP contribution in [0.2, 0.25) is 18.6 Å². The lowest BCUT2D eigenvalue weighted by molar-refractivity contribution is -0.274. The molecular weight excluding hydrogens is 627 g/mol. The molecule has 6 N–H and O–H groups in total. The first kappa shape index (κ1) is 35.2. The second kappa shape index (κ2) is 15.0. The molecule has 3 aromatic rings. The maximum absolute atomic E-state index is 15.7. The number of nitrogens with zero attached hydrogens (tertiary/aromatic N) is 3. The van der Waals surface area contributed by atoms with E-state index in [0.29, 0.717) is 37.2 Å². The number of nitrogens with one attached hydrogen (secondary N) is 1. The number of halogens is 1. The number of aromatic nitrogens is 3. The molecule has 12 nitrogen and oxygen atoms in total. The Hall–Kier alpha value is -3.08. The molecule has 2 saturated heterocycles. The lowest BCUT2D eigenvalue weighted by Crippen LogP contribution is -2.60. The highest BCUT2D eigenvalue weighted by molar-refractivity contribution is 6.72. The van der Waals surface area contributed by atoms with E-state index >= 15 is 4.11 Å². The molecule has 0 spiro atoms. The number of carbonyl (C=O) groups excluding carboxylic acids is 1. The highest BCUT2D eigenvalue weighted by atomic mass is 28.4. The minimum Gasteiger partial charge on any atom is -0.395 e. The van der Waals surface area contributed by atoms with Crippen LogP contribution in [0.5, 0.6) is 0 Å². The fraction of sp³-hybridized carbons (Fsp3) is 0.545. The van der Waals surface area contributed by atoms with Gasteiger partial charge < -0.3 is 44.4 Å². The molecule has 3 heterocycles. The fourth-order valence-corrected chi connectivity index (χ4v) is 9.54. The van der Waals surface area contributed by atoms with E-state index in [-0.39, 0.29) is 36.2 Å². The van der Waals surface area contributed by atoms with Crippen molar-refractivity contribution < 1.29 is 43.9 Å². The third-order valence-corrected chi connectivity index (χ3v) is 11.9. The molecule has 0 radical (unpaired) electrons. The van der Waals surface area contributed by atoms with Crippen LogP contribution >= 0.6 is 0 Å². The van der Waals surface area contributed by atoms with Crippen molar-refractivity contribution in [1.82, 2.24) is 15.0 Å². The van der Waals surface area contributed by atoms with Crippen molar-refractivity contribution in [3.05, 3.63) is 77.6 Å². The Morgan fingerprint density at radius 1 is 1.00 bits per heavy atom. The van der Waals surface area contributed by atoms with E-state index in [9.17, 15) is 30.3 Å². The van der Waals surface area contributed by atoms with Crippen LogP contribution < -0.4 is 5.32 Å². The Morgan fingerprint density at radius 2 is 1.74 bits per heavy atom. The normalized spacial score (nSPS) is 30.3. The highest BCUT2D eigenvalue weighted by Crippen LogP contribution is 2.47. The molecule has 1 amide bonds. The molecule has 1 unspecified atom stereocenters. The first-order valence-electron chi connectivity index (χ1n) is 16.0. The van der Waals surface area contributed by atoms with Crippen molar-refractivity contribution in [2.75, 3.05) is 11.9 Å². The van der Waals surface area contributed by atoms with Gasteiger partial charge in [-0.25, -0.2) is 0 Å². The summed E-state index contributed by atoms with van der Waals surface area (Å²) < 4.78 is 29.0. The average molecular weight is 673 g/mol. The van der Waals surface area contributed by atoms with Gasteiger partial charge in [-0.1, -0.05) is 54.6 Å². The van der Waals surface area contributed by atoms with Crippen molar-refractivity contribution in [2.45, 2.75) is 100 Å². The van der Waals surface area contributed by atoms with Crippen LogP contribution in [0.4, 0.5) is 9.80 Å². The van der Waals surface area contributed by atoms with Crippen molar-refractivity contribution >= 4 is 20.0 Å². The first-order chi connectivity index (χ1) is 22.4. The Kier molecular flexibility index (Phi) is 11.2. The summed E-state index contributed by atoms with van der Waals surface area (Å²) in [6.07, 6.45) is -5.41. The Balaban J connectivity index is 1.19. The Labute approximate surface area is 274 Å². The molecule has 1 aromatic heterocycles. The van der Waals surface area contributed by atoms with E-state index in [1.54, 1.807) is 36.0 Å². The van der Waals surface area contributed by atoms with E-state index in [0.717, 1.165) is 11.1 Å². The lowest BCUT2D eigenvalue weighted by Gasteiger charge is -2.37. The van der Waals surface area contributed by atoms with E-state index < -0.39 is 45.0 Å². The van der Waals surface area contributed by atoms with Gasteiger partial charge in [0, 0.05) is 24.0 Å². The van der Waals surface area contributed by atoms with Gasteiger partial charge >= 0.3 is 0 Å². The second-order valence-electron chi connectivity index (χ2n) is 13.2. The van der Waals surface area contributed by atoms with Crippen LogP contribution in [0.1, 0.15) is 42.5 Å². The number of hydrogen-bond acceptors (Lipinski definition) is 10. The molecule has 256 valence electrons. The maximum Gasteiger partial charge on any atom is 0.256 e. The number of aryl methyl sites for hydroxylation is 2. The number of hydrogen-bond donors (Lipinski definition) is 6. The van der Waals surface area contributed by atoms with Crippen molar-refractivity contribution in [1.29, 1.82) is 0 Å². The Morgan fingerprint density at radius 3 is 2.45 bits per heavy atom.